The topological polar surface area (TPSA) is 62.7 Å². The van der Waals surface area contributed by atoms with Gasteiger partial charge in [0.1, 0.15) is 0 Å². The molecule has 0 aliphatic heterocycles. The van der Waals surface area contributed by atoms with Crippen LogP contribution in [-0.2, 0) is 12.8 Å². The third-order valence-electron chi connectivity index (χ3n) is 3.27. The third-order valence-corrected chi connectivity index (χ3v) is 3.27. The maximum Gasteiger partial charge on any atom is 0.228 e. The summed E-state index contributed by atoms with van der Waals surface area (Å²) in [4.78, 5) is 8.56. The number of pyridine rings is 1. The highest BCUT2D eigenvalue weighted by atomic mass is 16.3. The maximum atomic E-state index is 8.83. The van der Waals surface area contributed by atoms with Crippen molar-refractivity contribution in [2.45, 2.75) is 19.8 Å². The number of fused-ring (bicyclic) bond motifs is 1. The van der Waals surface area contributed by atoms with Crippen LogP contribution in [0.5, 0.6) is 0 Å². The molecule has 2 aromatic heterocycles. The summed E-state index contributed by atoms with van der Waals surface area (Å²) in [6.45, 7) is 2.08. The van der Waals surface area contributed by atoms with E-state index < -0.39 is 0 Å². The van der Waals surface area contributed by atoms with Gasteiger partial charge in [-0.1, -0.05) is 13.0 Å². The Morgan fingerprint density at radius 2 is 2.15 bits per heavy atom. The molecular formula is C16H13N3O. The van der Waals surface area contributed by atoms with Crippen LogP contribution in [0.25, 0.3) is 22.7 Å². The second-order valence-corrected chi connectivity index (χ2v) is 4.52. The van der Waals surface area contributed by atoms with Crippen molar-refractivity contribution >= 4 is 11.2 Å². The normalized spacial score (nSPS) is 10.6. The standard InChI is InChI=1S/C16H13N3O/c1-2-11-10-13(6-5-12(11)7-8-17)16-19-15-14(20-16)4-3-9-18-15/h3-6,9-10H,2,7H2,1H3. The molecule has 0 amide bonds. The Kier molecular flexibility index (Phi) is 3.18. The molecule has 0 radical (unpaired) electrons. The van der Waals surface area contributed by atoms with E-state index in [1.807, 2.05) is 30.3 Å². The van der Waals surface area contributed by atoms with E-state index in [1.165, 1.54) is 0 Å². The molecule has 4 heteroatoms. The van der Waals surface area contributed by atoms with Gasteiger partial charge in [-0.3, -0.25) is 0 Å². The lowest BCUT2D eigenvalue weighted by atomic mass is 10.00. The molecule has 0 unspecified atom stereocenters. The Labute approximate surface area is 116 Å². The Balaban J connectivity index is 2.07. The molecule has 3 rings (SSSR count). The lowest BCUT2D eigenvalue weighted by Gasteiger charge is -2.05. The number of hydrogen-bond acceptors (Lipinski definition) is 4. The van der Waals surface area contributed by atoms with Crippen molar-refractivity contribution in [3.05, 3.63) is 47.7 Å². The molecule has 0 fully saturated rings. The summed E-state index contributed by atoms with van der Waals surface area (Å²) >= 11 is 0. The van der Waals surface area contributed by atoms with E-state index in [-0.39, 0.29) is 0 Å². The number of hydrogen-bond donors (Lipinski definition) is 0. The molecule has 0 aliphatic carbocycles. The average Bonchev–Trinajstić information content (AvgIpc) is 2.92. The molecule has 3 aromatic rings. The van der Waals surface area contributed by atoms with Gasteiger partial charge in [0.05, 0.1) is 12.5 Å². The molecule has 1 aromatic carbocycles. The van der Waals surface area contributed by atoms with Gasteiger partial charge in [0.2, 0.25) is 5.89 Å². The number of rotatable bonds is 3. The summed E-state index contributed by atoms with van der Waals surface area (Å²) in [6.07, 6.45) is 3.00. The van der Waals surface area contributed by atoms with Gasteiger partial charge in [0.25, 0.3) is 0 Å². The van der Waals surface area contributed by atoms with Crippen LogP contribution in [0.1, 0.15) is 18.1 Å². The van der Waals surface area contributed by atoms with Gasteiger partial charge >= 0.3 is 0 Å². The number of benzene rings is 1. The van der Waals surface area contributed by atoms with Crippen LogP contribution < -0.4 is 0 Å². The first-order chi connectivity index (χ1) is 9.81. The van der Waals surface area contributed by atoms with E-state index in [2.05, 4.69) is 23.0 Å². The summed E-state index contributed by atoms with van der Waals surface area (Å²) in [5.41, 5.74) is 4.43. The van der Waals surface area contributed by atoms with Gasteiger partial charge < -0.3 is 4.42 Å². The SMILES string of the molecule is CCc1cc(-c2nc3ncccc3o2)ccc1CC#N. The first-order valence-electron chi connectivity index (χ1n) is 6.52. The minimum absolute atomic E-state index is 0.429. The lowest BCUT2D eigenvalue weighted by molar-refractivity contribution is 0.619. The molecule has 0 saturated carbocycles. The number of aromatic nitrogens is 2. The van der Waals surface area contributed by atoms with Crippen molar-refractivity contribution in [1.82, 2.24) is 9.97 Å². The van der Waals surface area contributed by atoms with Crippen molar-refractivity contribution in [3.8, 4) is 17.5 Å². The summed E-state index contributed by atoms with van der Waals surface area (Å²) in [5.74, 6) is 0.567. The minimum atomic E-state index is 0.429. The smallest absolute Gasteiger partial charge is 0.228 e. The summed E-state index contributed by atoms with van der Waals surface area (Å²) < 4.78 is 5.71. The first kappa shape index (κ1) is 12.4. The molecule has 20 heavy (non-hydrogen) atoms. The van der Waals surface area contributed by atoms with Crippen LogP contribution in [0.15, 0.2) is 40.9 Å². The molecule has 0 saturated heterocycles. The van der Waals surface area contributed by atoms with Gasteiger partial charge in [0, 0.05) is 11.8 Å². The van der Waals surface area contributed by atoms with Gasteiger partial charge in [-0.15, -0.1) is 0 Å². The summed E-state index contributed by atoms with van der Waals surface area (Å²) in [5, 5.41) is 8.83. The zero-order chi connectivity index (χ0) is 13.9. The van der Waals surface area contributed by atoms with E-state index in [0.717, 1.165) is 23.1 Å². The van der Waals surface area contributed by atoms with Crippen LogP contribution in [0.4, 0.5) is 0 Å². The Bertz CT molecular complexity index is 766. The predicted octanol–water partition coefficient (Wildman–Crippen LogP) is 3.52. The molecule has 0 bridgehead atoms. The van der Waals surface area contributed by atoms with E-state index >= 15 is 0 Å². The monoisotopic (exact) mass is 263 g/mol. The van der Waals surface area contributed by atoms with Gasteiger partial charge in [0.15, 0.2) is 11.2 Å². The molecule has 2 heterocycles. The Morgan fingerprint density at radius 1 is 1.25 bits per heavy atom. The molecule has 0 N–H and O–H groups in total. The van der Waals surface area contributed by atoms with Gasteiger partial charge in [-0.05, 0) is 41.8 Å². The lowest BCUT2D eigenvalue weighted by Crippen LogP contribution is -1.92. The first-order valence-corrected chi connectivity index (χ1v) is 6.52. The highest BCUT2D eigenvalue weighted by Crippen LogP contribution is 2.25. The molecule has 0 aliphatic rings. The second-order valence-electron chi connectivity index (χ2n) is 4.52. The van der Waals surface area contributed by atoms with Crippen molar-refractivity contribution in [2.24, 2.45) is 0 Å². The summed E-state index contributed by atoms with van der Waals surface area (Å²) in [7, 11) is 0. The van der Waals surface area contributed by atoms with Crippen molar-refractivity contribution in [1.29, 1.82) is 5.26 Å². The Hall–Kier alpha value is -2.67. The largest absolute Gasteiger partial charge is 0.434 e. The maximum absolute atomic E-state index is 8.83. The van der Waals surface area contributed by atoms with E-state index in [4.69, 9.17) is 9.68 Å². The van der Waals surface area contributed by atoms with Crippen LogP contribution in [0.2, 0.25) is 0 Å². The second kappa shape index (κ2) is 5.14. The predicted molar refractivity (Wildman–Crippen MR) is 75.9 cm³/mol. The number of nitrogens with zero attached hydrogens (tertiary/aromatic N) is 3. The highest BCUT2D eigenvalue weighted by molar-refractivity contribution is 5.72. The zero-order valence-electron chi connectivity index (χ0n) is 11.1. The average molecular weight is 263 g/mol. The molecule has 4 nitrogen and oxygen atoms in total. The van der Waals surface area contributed by atoms with Gasteiger partial charge in [-0.2, -0.15) is 10.2 Å². The van der Waals surface area contributed by atoms with Gasteiger partial charge in [-0.25, -0.2) is 4.98 Å². The van der Waals surface area contributed by atoms with Crippen molar-refractivity contribution in [2.75, 3.05) is 0 Å². The molecular weight excluding hydrogens is 250 g/mol. The van der Waals surface area contributed by atoms with Crippen LogP contribution in [0, 0.1) is 11.3 Å². The van der Waals surface area contributed by atoms with E-state index in [1.54, 1.807) is 6.20 Å². The molecule has 0 atom stereocenters. The minimum Gasteiger partial charge on any atom is -0.434 e. The van der Waals surface area contributed by atoms with Crippen LogP contribution in [-0.4, -0.2) is 9.97 Å². The fourth-order valence-electron chi connectivity index (χ4n) is 2.24. The fourth-order valence-corrected chi connectivity index (χ4v) is 2.24. The summed E-state index contributed by atoms with van der Waals surface area (Å²) in [6, 6.07) is 11.8. The van der Waals surface area contributed by atoms with Crippen LogP contribution >= 0.6 is 0 Å². The Morgan fingerprint density at radius 3 is 2.90 bits per heavy atom. The van der Waals surface area contributed by atoms with Crippen molar-refractivity contribution in [3.63, 3.8) is 0 Å². The fraction of sp³-hybridized carbons (Fsp3) is 0.188. The van der Waals surface area contributed by atoms with Crippen molar-refractivity contribution < 1.29 is 4.42 Å². The molecule has 0 spiro atoms. The van der Waals surface area contributed by atoms with E-state index in [9.17, 15) is 0 Å². The number of aryl methyl sites for hydroxylation is 1. The van der Waals surface area contributed by atoms with Crippen LogP contribution in [0.3, 0.4) is 0 Å². The van der Waals surface area contributed by atoms with E-state index in [0.29, 0.717) is 23.5 Å². The third kappa shape index (κ3) is 2.14. The number of oxazole rings is 1. The zero-order valence-corrected chi connectivity index (χ0v) is 11.1. The highest BCUT2D eigenvalue weighted by Gasteiger charge is 2.10. The quantitative estimate of drug-likeness (QED) is 0.725. The molecule has 98 valence electrons. The number of nitriles is 1.